The molecule has 2 atom stereocenters. The number of carboxylic acid groups (broad SMARTS) is 1. The van der Waals surface area contributed by atoms with Crippen LogP contribution in [0.25, 0.3) is 21.9 Å². The number of benzene rings is 4. The van der Waals surface area contributed by atoms with Crippen molar-refractivity contribution in [3.05, 3.63) is 108 Å². The SMILES string of the molecule is NC(Cc1ccc2ccccc2c1)[C@@H](C(=O)O)C(=O)OCC1c2ccccc2-c2ccccc21. The first-order valence-corrected chi connectivity index (χ1v) is 11.3. The molecule has 5 rings (SSSR count). The second-order valence-electron chi connectivity index (χ2n) is 8.72. The van der Waals surface area contributed by atoms with Crippen LogP contribution < -0.4 is 5.73 Å². The van der Waals surface area contributed by atoms with E-state index < -0.39 is 23.9 Å². The number of carbonyl (C=O) groups excluding carboxylic acids is 1. The highest BCUT2D eigenvalue weighted by Gasteiger charge is 2.36. The third-order valence-corrected chi connectivity index (χ3v) is 6.59. The van der Waals surface area contributed by atoms with Gasteiger partial charge in [0.2, 0.25) is 0 Å². The molecule has 5 nitrogen and oxygen atoms in total. The lowest BCUT2D eigenvalue weighted by Gasteiger charge is -2.21. The number of nitrogens with two attached hydrogens (primary N) is 1. The molecule has 1 aliphatic carbocycles. The van der Waals surface area contributed by atoms with Crippen LogP contribution >= 0.6 is 0 Å². The molecule has 4 aromatic carbocycles. The number of fused-ring (bicyclic) bond motifs is 4. The topological polar surface area (TPSA) is 89.6 Å². The Morgan fingerprint density at radius 2 is 1.41 bits per heavy atom. The number of ether oxygens (including phenoxy) is 1. The summed E-state index contributed by atoms with van der Waals surface area (Å²) >= 11 is 0. The van der Waals surface area contributed by atoms with Gasteiger partial charge in [-0.1, -0.05) is 91.0 Å². The van der Waals surface area contributed by atoms with Crippen molar-refractivity contribution in [2.24, 2.45) is 11.7 Å². The molecule has 0 saturated carbocycles. The van der Waals surface area contributed by atoms with E-state index >= 15 is 0 Å². The summed E-state index contributed by atoms with van der Waals surface area (Å²) in [5.74, 6) is -3.66. The standard InChI is InChI=1S/C29H25NO4/c30-26(16-18-13-14-19-7-1-2-8-20(19)15-18)27(28(31)32)29(33)34-17-25-23-11-5-3-9-21(23)22-10-4-6-12-24(22)25/h1-15,25-27H,16-17,30H2,(H,31,32)/t26?,27-/m0/s1. The predicted molar refractivity (Wildman–Crippen MR) is 131 cm³/mol. The van der Waals surface area contributed by atoms with Crippen LogP contribution in [0.5, 0.6) is 0 Å². The molecule has 0 aliphatic heterocycles. The van der Waals surface area contributed by atoms with E-state index in [2.05, 4.69) is 12.1 Å². The molecule has 1 unspecified atom stereocenters. The van der Waals surface area contributed by atoms with Gasteiger partial charge >= 0.3 is 11.9 Å². The van der Waals surface area contributed by atoms with Crippen LogP contribution in [0.2, 0.25) is 0 Å². The maximum atomic E-state index is 12.9. The van der Waals surface area contributed by atoms with Gasteiger partial charge < -0.3 is 15.6 Å². The van der Waals surface area contributed by atoms with Gasteiger partial charge in [0.1, 0.15) is 6.61 Å². The number of hydrogen-bond donors (Lipinski definition) is 2. The summed E-state index contributed by atoms with van der Waals surface area (Å²) in [5, 5.41) is 11.9. The van der Waals surface area contributed by atoms with Gasteiger partial charge in [0.05, 0.1) is 0 Å². The molecule has 3 N–H and O–H groups in total. The fourth-order valence-corrected chi connectivity index (χ4v) is 4.91. The molecule has 0 fully saturated rings. The molecule has 170 valence electrons. The van der Waals surface area contributed by atoms with Gasteiger partial charge in [0.15, 0.2) is 5.92 Å². The van der Waals surface area contributed by atoms with Crippen LogP contribution in [0.1, 0.15) is 22.6 Å². The number of carbonyl (C=O) groups is 2. The van der Waals surface area contributed by atoms with E-state index in [0.29, 0.717) is 0 Å². The maximum absolute atomic E-state index is 12.9. The van der Waals surface area contributed by atoms with Crippen LogP contribution in [0.15, 0.2) is 91.0 Å². The first-order valence-electron chi connectivity index (χ1n) is 11.3. The molecular weight excluding hydrogens is 426 g/mol. The zero-order chi connectivity index (χ0) is 23.7. The molecule has 5 heteroatoms. The monoisotopic (exact) mass is 451 g/mol. The molecular formula is C29H25NO4. The minimum atomic E-state index is -1.45. The molecule has 0 spiro atoms. The van der Waals surface area contributed by atoms with Crippen molar-refractivity contribution in [2.45, 2.75) is 18.4 Å². The number of rotatable bonds is 7. The van der Waals surface area contributed by atoms with E-state index in [0.717, 1.165) is 38.6 Å². The maximum Gasteiger partial charge on any atom is 0.321 e. The zero-order valence-electron chi connectivity index (χ0n) is 18.6. The third-order valence-electron chi connectivity index (χ3n) is 6.59. The number of hydrogen-bond acceptors (Lipinski definition) is 4. The highest BCUT2D eigenvalue weighted by atomic mass is 16.5. The van der Waals surface area contributed by atoms with Gasteiger partial charge in [0, 0.05) is 12.0 Å². The predicted octanol–water partition coefficient (Wildman–Crippen LogP) is 4.77. The first-order chi connectivity index (χ1) is 16.5. The summed E-state index contributed by atoms with van der Waals surface area (Å²) in [6.45, 7) is 0.0688. The minimum absolute atomic E-state index is 0.0688. The van der Waals surface area contributed by atoms with Crippen LogP contribution in [0, 0.1) is 5.92 Å². The Kier molecular flexibility index (Phi) is 5.86. The molecule has 34 heavy (non-hydrogen) atoms. The van der Waals surface area contributed by atoms with Crippen molar-refractivity contribution in [2.75, 3.05) is 6.61 Å². The van der Waals surface area contributed by atoms with Crippen molar-refractivity contribution in [1.29, 1.82) is 0 Å². The van der Waals surface area contributed by atoms with Gasteiger partial charge in [-0.3, -0.25) is 9.59 Å². The lowest BCUT2D eigenvalue weighted by molar-refractivity contribution is -0.159. The molecule has 1 aliphatic rings. The summed E-state index contributed by atoms with van der Waals surface area (Å²) in [6.07, 6.45) is 0.256. The highest BCUT2D eigenvalue weighted by Crippen LogP contribution is 2.44. The van der Waals surface area contributed by atoms with Gasteiger partial charge in [-0.2, -0.15) is 0 Å². The Balaban J connectivity index is 1.31. The molecule has 0 radical (unpaired) electrons. The van der Waals surface area contributed by atoms with E-state index in [1.165, 1.54) is 0 Å². The van der Waals surface area contributed by atoms with E-state index in [-0.39, 0.29) is 18.9 Å². The van der Waals surface area contributed by atoms with E-state index in [1.807, 2.05) is 78.9 Å². The summed E-state index contributed by atoms with van der Waals surface area (Å²) in [5.41, 5.74) is 11.5. The van der Waals surface area contributed by atoms with Crippen LogP contribution in [-0.2, 0) is 20.7 Å². The zero-order valence-corrected chi connectivity index (χ0v) is 18.6. The van der Waals surface area contributed by atoms with Crippen molar-refractivity contribution < 1.29 is 19.4 Å². The normalized spacial score (nSPS) is 14.3. The summed E-state index contributed by atoms with van der Waals surface area (Å²) in [4.78, 5) is 24.9. The molecule has 4 aromatic rings. The third kappa shape index (κ3) is 4.06. The average Bonchev–Trinajstić information content (AvgIpc) is 3.16. The Morgan fingerprint density at radius 1 is 0.824 bits per heavy atom. The smallest absolute Gasteiger partial charge is 0.321 e. The second-order valence-corrected chi connectivity index (χ2v) is 8.72. The van der Waals surface area contributed by atoms with Gasteiger partial charge in [0.25, 0.3) is 0 Å². The number of esters is 1. The number of carboxylic acids is 1. The Bertz CT molecular complexity index is 1330. The lowest BCUT2D eigenvalue weighted by Crippen LogP contribution is -2.43. The van der Waals surface area contributed by atoms with E-state index in [9.17, 15) is 14.7 Å². The first kappa shape index (κ1) is 21.9. The molecule has 0 bridgehead atoms. The fraction of sp³-hybridized carbons (Fsp3) is 0.172. The van der Waals surface area contributed by atoms with Gasteiger partial charge in [-0.15, -0.1) is 0 Å². The van der Waals surface area contributed by atoms with Crippen molar-refractivity contribution in [1.82, 2.24) is 0 Å². The largest absolute Gasteiger partial charge is 0.481 e. The van der Waals surface area contributed by atoms with E-state index in [1.54, 1.807) is 0 Å². The number of aliphatic carboxylic acids is 1. The summed E-state index contributed by atoms with van der Waals surface area (Å²) in [6, 6.07) is 28.9. The fourth-order valence-electron chi connectivity index (χ4n) is 4.91. The molecule has 0 heterocycles. The van der Waals surface area contributed by atoms with Gasteiger partial charge in [-0.05, 0) is 45.0 Å². The Morgan fingerprint density at radius 3 is 2.06 bits per heavy atom. The van der Waals surface area contributed by atoms with Crippen LogP contribution in [-0.4, -0.2) is 29.7 Å². The summed E-state index contributed by atoms with van der Waals surface area (Å²) < 4.78 is 5.59. The second kappa shape index (κ2) is 9.12. The van der Waals surface area contributed by atoms with Crippen molar-refractivity contribution in [3.63, 3.8) is 0 Å². The van der Waals surface area contributed by atoms with Crippen molar-refractivity contribution in [3.8, 4) is 11.1 Å². The molecule has 0 aromatic heterocycles. The molecule has 0 amide bonds. The lowest BCUT2D eigenvalue weighted by atomic mass is 9.93. The molecule has 0 saturated heterocycles. The van der Waals surface area contributed by atoms with Crippen LogP contribution in [0.4, 0.5) is 0 Å². The van der Waals surface area contributed by atoms with Crippen molar-refractivity contribution >= 4 is 22.7 Å². The Labute approximate surface area is 197 Å². The Hall–Kier alpha value is -3.96. The average molecular weight is 452 g/mol. The van der Waals surface area contributed by atoms with Gasteiger partial charge in [-0.25, -0.2) is 0 Å². The minimum Gasteiger partial charge on any atom is -0.481 e. The van der Waals surface area contributed by atoms with E-state index in [4.69, 9.17) is 10.5 Å². The highest BCUT2D eigenvalue weighted by molar-refractivity contribution is 5.95. The van der Waals surface area contributed by atoms with Crippen LogP contribution in [0.3, 0.4) is 0 Å². The summed E-state index contributed by atoms with van der Waals surface area (Å²) in [7, 11) is 0. The quantitative estimate of drug-likeness (QED) is 0.312.